The van der Waals surface area contributed by atoms with Crippen LogP contribution in [0.1, 0.15) is 61.4 Å². The van der Waals surface area contributed by atoms with Crippen LogP contribution in [-0.2, 0) is 53.8 Å². The van der Waals surface area contributed by atoms with Crippen molar-refractivity contribution in [3.05, 3.63) is 65.7 Å². The van der Waals surface area contributed by atoms with Crippen molar-refractivity contribution in [2.75, 3.05) is 119 Å². The van der Waals surface area contributed by atoms with Gasteiger partial charge in [0.25, 0.3) is 5.78 Å². The van der Waals surface area contributed by atoms with Crippen molar-refractivity contribution in [3.63, 3.8) is 0 Å². The Morgan fingerprint density at radius 3 is 1.31 bits per heavy atom. The predicted molar refractivity (Wildman–Crippen MR) is 197 cm³/mol. The summed E-state index contributed by atoms with van der Waals surface area (Å²) < 4.78 is 54.5. The molecule has 0 saturated heterocycles. The molecule has 0 spiro atoms. The largest absolute Gasteiger partial charge is 0.491 e. The molecule has 12 heteroatoms. The Balaban J connectivity index is 1.20. The molecule has 0 aromatic heterocycles. The normalized spacial score (nSPS) is 11.2. The topological polar surface area (TPSA) is 126 Å². The van der Waals surface area contributed by atoms with E-state index in [1.54, 1.807) is 30.3 Å². The Morgan fingerprint density at radius 1 is 0.442 bits per heavy atom. The number of carbonyl (C=O) groups excluding carboxylic acids is 2. The van der Waals surface area contributed by atoms with Gasteiger partial charge in [0.1, 0.15) is 19.0 Å². The van der Waals surface area contributed by atoms with Crippen LogP contribution in [0.25, 0.3) is 0 Å². The summed E-state index contributed by atoms with van der Waals surface area (Å²) in [6, 6.07) is 16.7. The number of benzene rings is 2. The fourth-order valence-electron chi connectivity index (χ4n) is 4.69. The maximum absolute atomic E-state index is 11.9. The molecule has 0 unspecified atom stereocenters. The highest BCUT2D eigenvalue weighted by molar-refractivity contribution is 6.40. The third-order valence-corrected chi connectivity index (χ3v) is 7.53. The minimum Gasteiger partial charge on any atom is -0.491 e. The lowest BCUT2D eigenvalue weighted by Crippen LogP contribution is -2.20. The van der Waals surface area contributed by atoms with E-state index < -0.39 is 11.8 Å². The zero-order valence-electron chi connectivity index (χ0n) is 31.3. The van der Waals surface area contributed by atoms with Crippen LogP contribution >= 0.6 is 0 Å². The van der Waals surface area contributed by atoms with Gasteiger partial charge in [0.2, 0.25) is 0 Å². The molecule has 2 aromatic carbocycles. The molecule has 294 valence electrons. The second-order valence-electron chi connectivity index (χ2n) is 11.7. The van der Waals surface area contributed by atoms with Gasteiger partial charge in [0.15, 0.2) is 0 Å². The Bertz CT molecular complexity index is 1100. The summed E-state index contributed by atoms with van der Waals surface area (Å²) in [6.07, 6.45) is 9.05. The molecule has 2 aromatic rings. The molecule has 52 heavy (non-hydrogen) atoms. The number of esters is 1. The van der Waals surface area contributed by atoms with Gasteiger partial charge in [-0.3, -0.25) is 4.79 Å². The molecule has 0 aliphatic heterocycles. The maximum Gasteiger partial charge on any atom is 0.379 e. The van der Waals surface area contributed by atoms with Gasteiger partial charge in [-0.1, -0.05) is 81.5 Å². The number of aryl methyl sites for hydroxylation is 1. The number of unbranched alkanes of at least 4 members (excludes halogenated alkanes) is 5. The Labute approximate surface area is 310 Å². The van der Waals surface area contributed by atoms with Crippen molar-refractivity contribution in [2.45, 2.75) is 51.9 Å². The first-order chi connectivity index (χ1) is 25.7. The van der Waals surface area contributed by atoms with Gasteiger partial charge < -0.3 is 47.4 Å². The van der Waals surface area contributed by atoms with Crippen LogP contribution in [0.3, 0.4) is 0 Å². The number of Topliss-reactive ketones (excluding diaryl/α,β-unsaturated/α-hetero) is 1. The van der Waals surface area contributed by atoms with Crippen molar-refractivity contribution in [2.24, 2.45) is 0 Å². The zero-order valence-corrected chi connectivity index (χ0v) is 31.3. The van der Waals surface area contributed by atoms with Crippen LogP contribution in [0, 0.1) is 0 Å². The molecule has 0 heterocycles. The molecule has 12 nitrogen and oxygen atoms in total. The van der Waals surface area contributed by atoms with Crippen molar-refractivity contribution in [3.8, 4) is 5.75 Å². The van der Waals surface area contributed by atoms with Crippen LogP contribution in [0.5, 0.6) is 5.75 Å². The second kappa shape index (κ2) is 33.9. The minimum atomic E-state index is -0.895. The third kappa shape index (κ3) is 25.9. The van der Waals surface area contributed by atoms with E-state index in [9.17, 15) is 9.59 Å². The van der Waals surface area contributed by atoms with Crippen molar-refractivity contribution >= 4 is 11.8 Å². The molecular weight excluding hydrogens is 672 g/mol. The van der Waals surface area contributed by atoms with Crippen LogP contribution in [-0.4, -0.2) is 131 Å². The van der Waals surface area contributed by atoms with Gasteiger partial charge in [-0.05, 0) is 30.5 Å². The lowest BCUT2D eigenvalue weighted by Gasteiger charge is -2.09. The van der Waals surface area contributed by atoms with E-state index in [2.05, 4.69) is 19.1 Å². The summed E-state index contributed by atoms with van der Waals surface area (Å²) >= 11 is 0. The summed E-state index contributed by atoms with van der Waals surface area (Å²) in [5, 5.41) is 0. The average molecular weight is 735 g/mol. The number of carbonyl (C=O) groups is 2. The summed E-state index contributed by atoms with van der Waals surface area (Å²) in [4.78, 5) is 23.6. The predicted octanol–water partition coefficient (Wildman–Crippen LogP) is 5.53. The fourth-order valence-corrected chi connectivity index (χ4v) is 4.69. The van der Waals surface area contributed by atoms with E-state index in [1.807, 2.05) is 12.1 Å². The molecule has 0 atom stereocenters. The molecule has 0 amide bonds. The monoisotopic (exact) mass is 734 g/mol. The number of hydrogen-bond donors (Lipinski definition) is 0. The van der Waals surface area contributed by atoms with Crippen molar-refractivity contribution < 1.29 is 57.0 Å². The first-order valence-corrected chi connectivity index (χ1v) is 18.8. The molecule has 0 aliphatic rings. The second-order valence-corrected chi connectivity index (χ2v) is 11.7. The molecule has 0 radical (unpaired) electrons. The Hall–Kier alpha value is -2.94. The first-order valence-electron chi connectivity index (χ1n) is 18.8. The Kier molecular flexibility index (Phi) is 29.5. The van der Waals surface area contributed by atoms with Crippen molar-refractivity contribution in [1.29, 1.82) is 0 Å². The van der Waals surface area contributed by atoms with E-state index in [4.69, 9.17) is 47.4 Å². The highest BCUT2D eigenvalue weighted by atomic mass is 16.6. The summed E-state index contributed by atoms with van der Waals surface area (Å²) in [7, 11) is 0. The SMILES string of the molecule is CCCCCCCCc1ccc(OCCOCCOCCOCCOCCOCCOCCOCCOCCOC(=O)C(=O)c2ccccc2)cc1. The smallest absolute Gasteiger partial charge is 0.379 e. The zero-order chi connectivity index (χ0) is 37.0. The van der Waals surface area contributed by atoms with Crippen molar-refractivity contribution in [1.82, 2.24) is 0 Å². The Morgan fingerprint density at radius 2 is 0.846 bits per heavy atom. The quantitative estimate of drug-likeness (QED) is 0.0375. The van der Waals surface area contributed by atoms with Gasteiger partial charge in [0, 0.05) is 5.56 Å². The molecule has 0 N–H and O–H groups in total. The lowest BCUT2D eigenvalue weighted by atomic mass is 10.0. The van der Waals surface area contributed by atoms with Gasteiger partial charge in [-0.15, -0.1) is 0 Å². The highest BCUT2D eigenvalue weighted by Crippen LogP contribution is 2.15. The maximum atomic E-state index is 11.9. The van der Waals surface area contributed by atoms with E-state index in [-0.39, 0.29) is 13.2 Å². The summed E-state index contributed by atoms with van der Waals surface area (Å²) in [6.45, 7) is 9.97. The number of ketones is 1. The lowest BCUT2D eigenvalue weighted by molar-refractivity contribution is -0.139. The molecule has 0 saturated carbocycles. The van der Waals surface area contributed by atoms with Gasteiger partial charge >= 0.3 is 5.97 Å². The van der Waals surface area contributed by atoms with E-state index in [0.717, 1.165) is 12.2 Å². The molecule has 0 aliphatic carbocycles. The minimum absolute atomic E-state index is 0.000536. The summed E-state index contributed by atoms with van der Waals surface area (Å²) in [5.74, 6) is -0.691. The van der Waals surface area contributed by atoms with E-state index in [1.165, 1.54) is 44.1 Å². The molecule has 2 rings (SSSR count). The van der Waals surface area contributed by atoms with Crippen LogP contribution in [0.15, 0.2) is 54.6 Å². The first kappa shape index (κ1) is 45.2. The van der Waals surface area contributed by atoms with Crippen LogP contribution in [0.2, 0.25) is 0 Å². The standard InChI is InChI=1S/C40H62O12/c1-2-3-4-5-6-8-11-36-14-16-38(17-15-36)51-34-32-49-30-28-47-26-24-45-22-20-43-18-19-44-21-23-46-25-27-48-29-31-50-33-35-52-40(42)39(41)37-12-9-7-10-13-37/h7,9-10,12-17H,2-6,8,11,18-35H2,1H3. The highest BCUT2D eigenvalue weighted by Gasteiger charge is 2.17. The number of rotatable bonds is 37. The van der Waals surface area contributed by atoms with Crippen LogP contribution in [0.4, 0.5) is 0 Å². The third-order valence-electron chi connectivity index (χ3n) is 7.53. The molecule has 0 fully saturated rings. The van der Waals surface area contributed by atoms with Gasteiger partial charge in [0.05, 0.1) is 106 Å². The van der Waals surface area contributed by atoms with Gasteiger partial charge in [-0.25, -0.2) is 4.79 Å². The van der Waals surface area contributed by atoms with E-state index >= 15 is 0 Å². The van der Waals surface area contributed by atoms with Gasteiger partial charge in [-0.2, -0.15) is 0 Å². The van der Waals surface area contributed by atoms with E-state index in [0.29, 0.717) is 111 Å². The van der Waals surface area contributed by atoms with Crippen LogP contribution < -0.4 is 4.74 Å². The summed E-state index contributed by atoms with van der Waals surface area (Å²) in [5.41, 5.74) is 1.67. The number of hydrogen-bond acceptors (Lipinski definition) is 12. The molecular formula is C40H62O12. The average Bonchev–Trinajstić information content (AvgIpc) is 3.17. The fraction of sp³-hybridized carbons (Fsp3) is 0.650. The number of ether oxygens (including phenoxy) is 10. The molecule has 0 bridgehead atoms.